The SMILES string of the molecule is CN1C2CCCC1CC(N1CCCCC1=N)C2. The van der Waals surface area contributed by atoms with Crippen molar-refractivity contribution in [3.63, 3.8) is 0 Å². The molecule has 0 aliphatic carbocycles. The highest BCUT2D eigenvalue weighted by Crippen LogP contribution is 2.35. The molecular weight excluding hydrogens is 210 g/mol. The van der Waals surface area contributed by atoms with Gasteiger partial charge in [-0.15, -0.1) is 0 Å². The number of likely N-dealkylation sites (tertiary alicyclic amines) is 1. The smallest absolute Gasteiger partial charge is 0.0960 e. The first-order valence-corrected chi connectivity index (χ1v) is 7.31. The quantitative estimate of drug-likeness (QED) is 0.757. The lowest BCUT2D eigenvalue weighted by molar-refractivity contribution is 0.0250. The average Bonchev–Trinajstić information content (AvgIpc) is 2.29. The summed E-state index contributed by atoms with van der Waals surface area (Å²) in [6.45, 7) is 1.15. The van der Waals surface area contributed by atoms with Gasteiger partial charge in [0, 0.05) is 31.1 Å². The Bertz CT molecular complexity index is 288. The van der Waals surface area contributed by atoms with E-state index in [1.54, 1.807) is 0 Å². The molecule has 3 heterocycles. The minimum Gasteiger partial charge on any atom is -0.357 e. The van der Waals surface area contributed by atoms with E-state index >= 15 is 0 Å². The van der Waals surface area contributed by atoms with Crippen molar-refractivity contribution in [1.29, 1.82) is 5.41 Å². The highest BCUT2D eigenvalue weighted by Gasteiger charge is 2.38. The zero-order chi connectivity index (χ0) is 11.8. The van der Waals surface area contributed by atoms with Crippen LogP contribution in [0.25, 0.3) is 0 Å². The predicted molar refractivity (Wildman–Crippen MR) is 70.5 cm³/mol. The van der Waals surface area contributed by atoms with Gasteiger partial charge in [-0.3, -0.25) is 5.41 Å². The van der Waals surface area contributed by atoms with Crippen molar-refractivity contribution in [2.45, 2.75) is 69.5 Å². The largest absolute Gasteiger partial charge is 0.357 e. The fourth-order valence-corrected chi connectivity index (χ4v) is 4.10. The highest BCUT2D eigenvalue weighted by molar-refractivity contribution is 5.80. The molecule has 3 fully saturated rings. The minimum absolute atomic E-state index is 0.675. The van der Waals surface area contributed by atoms with Crippen LogP contribution in [-0.2, 0) is 0 Å². The molecule has 0 saturated carbocycles. The molecule has 3 saturated heterocycles. The van der Waals surface area contributed by atoms with Crippen LogP contribution >= 0.6 is 0 Å². The summed E-state index contributed by atoms with van der Waals surface area (Å²) in [4.78, 5) is 5.05. The Morgan fingerprint density at radius 1 is 1.00 bits per heavy atom. The van der Waals surface area contributed by atoms with Gasteiger partial charge in [-0.25, -0.2) is 0 Å². The maximum Gasteiger partial charge on any atom is 0.0960 e. The van der Waals surface area contributed by atoms with Gasteiger partial charge in [0.15, 0.2) is 0 Å². The van der Waals surface area contributed by atoms with Crippen LogP contribution in [0.3, 0.4) is 0 Å². The third-order valence-electron chi connectivity index (χ3n) is 5.16. The summed E-state index contributed by atoms with van der Waals surface area (Å²) in [5, 5.41) is 8.15. The number of nitrogens with one attached hydrogen (secondary N) is 1. The number of amidine groups is 1. The topological polar surface area (TPSA) is 30.3 Å². The summed E-state index contributed by atoms with van der Waals surface area (Å²) in [5.74, 6) is 0.920. The summed E-state index contributed by atoms with van der Waals surface area (Å²) >= 11 is 0. The summed E-state index contributed by atoms with van der Waals surface area (Å²) < 4.78 is 0. The van der Waals surface area contributed by atoms with Crippen LogP contribution in [-0.4, -0.2) is 47.4 Å². The third-order valence-corrected chi connectivity index (χ3v) is 5.16. The van der Waals surface area contributed by atoms with Crippen LogP contribution in [0.2, 0.25) is 0 Å². The van der Waals surface area contributed by atoms with E-state index in [4.69, 9.17) is 5.41 Å². The third kappa shape index (κ3) is 2.10. The van der Waals surface area contributed by atoms with Crippen LogP contribution in [0.5, 0.6) is 0 Å². The van der Waals surface area contributed by atoms with Crippen molar-refractivity contribution in [1.82, 2.24) is 9.80 Å². The molecule has 1 N–H and O–H groups in total. The molecule has 0 radical (unpaired) electrons. The molecule has 3 aliphatic heterocycles. The lowest BCUT2D eigenvalue weighted by atomic mass is 9.81. The lowest BCUT2D eigenvalue weighted by Gasteiger charge is -2.50. The molecule has 3 heteroatoms. The highest BCUT2D eigenvalue weighted by atomic mass is 15.3. The Balaban J connectivity index is 1.70. The Morgan fingerprint density at radius 2 is 1.71 bits per heavy atom. The van der Waals surface area contributed by atoms with Gasteiger partial charge < -0.3 is 9.80 Å². The molecule has 3 aliphatic rings. The van der Waals surface area contributed by atoms with Crippen LogP contribution < -0.4 is 0 Å². The van der Waals surface area contributed by atoms with Gasteiger partial charge in [0.1, 0.15) is 0 Å². The normalized spacial score (nSPS) is 39.5. The van der Waals surface area contributed by atoms with E-state index in [0.717, 1.165) is 30.9 Å². The van der Waals surface area contributed by atoms with Crippen LogP contribution in [0.1, 0.15) is 51.4 Å². The van der Waals surface area contributed by atoms with E-state index in [-0.39, 0.29) is 0 Å². The number of hydrogen-bond acceptors (Lipinski definition) is 2. The average molecular weight is 235 g/mol. The van der Waals surface area contributed by atoms with Crippen molar-refractivity contribution in [2.75, 3.05) is 13.6 Å². The fourth-order valence-electron chi connectivity index (χ4n) is 4.10. The van der Waals surface area contributed by atoms with Crippen molar-refractivity contribution in [2.24, 2.45) is 0 Å². The Kier molecular flexibility index (Phi) is 3.12. The van der Waals surface area contributed by atoms with Crippen molar-refractivity contribution < 1.29 is 0 Å². The predicted octanol–water partition coefficient (Wildman–Crippen LogP) is 2.46. The fraction of sp³-hybridized carbons (Fsp3) is 0.929. The zero-order valence-electron chi connectivity index (χ0n) is 11.0. The minimum atomic E-state index is 0.675. The maximum absolute atomic E-state index is 8.15. The van der Waals surface area contributed by atoms with Gasteiger partial charge in [-0.2, -0.15) is 0 Å². The van der Waals surface area contributed by atoms with E-state index < -0.39 is 0 Å². The number of fused-ring (bicyclic) bond motifs is 2. The van der Waals surface area contributed by atoms with Crippen molar-refractivity contribution in [3.8, 4) is 0 Å². The molecule has 0 amide bonds. The molecule has 3 rings (SSSR count). The molecule has 0 aromatic rings. The van der Waals surface area contributed by atoms with Gasteiger partial charge in [0.05, 0.1) is 5.84 Å². The van der Waals surface area contributed by atoms with E-state index in [1.165, 1.54) is 44.9 Å². The van der Waals surface area contributed by atoms with Gasteiger partial charge in [-0.05, 0) is 45.6 Å². The van der Waals surface area contributed by atoms with Crippen LogP contribution in [0.4, 0.5) is 0 Å². The maximum atomic E-state index is 8.15. The summed E-state index contributed by atoms with van der Waals surface area (Å²) in [6, 6.07) is 2.26. The summed E-state index contributed by atoms with van der Waals surface area (Å²) in [6.07, 6.45) is 10.3. The number of hydrogen-bond donors (Lipinski definition) is 1. The second kappa shape index (κ2) is 4.60. The number of piperidine rings is 3. The molecule has 2 unspecified atom stereocenters. The molecule has 3 nitrogen and oxygen atoms in total. The Hall–Kier alpha value is -0.570. The van der Waals surface area contributed by atoms with Crippen molar-refractivity contribution in [3.05, 3.63) is 0 Å². The van der Waals surface area contributed by atoms with Gasteiger partial charge in [-0.1, -0.05) is 6.42 Å². The number of rotatable bonds is 1. The van der Waals surface area contributed by atoms with E-state index in [2.05, 4.69) is 16.8 Å². The second-order valence-electron chi connectivity index (χ2n) is 6.13. The van der Waals surface area contributed by atoms with E-state index in [1.807, 2.05) is 0 Å². The first-order valence-electron chi connectivity index (χ1n) is 7.31. The Labute approximate surface area is 105 Å². The van der Waals surface area contributed by atoms with E-state index in [0.29, 0.717) is 6.04 Å². The lowest BCUT2D eigenvalue weighted by Crippen LogP contribution is -2.57. The summed E-state index contributed by atoms with van der Waals surface area (Å²) in [7, 11) is 2.31. The Morgan fingerprint density at radius 3 is 2.35 bits per heavy atom. The molecule has 2 atom stereocenters. The zero-order valence-corrected chi connectivity index (χ0v) is 11.0. The van der Waals surface area contributed by atoms with E-state index in [9.17, 15) is 0 Å². The van der Waals surface area contributed by atoms with Gasteiger partial charge in [0.2, 0.25) is 0 Å². The van der Waals surface area contributed by atoms with Crippen molar-refractivity contribution >= 4 is 5.84 Å². The molecule has 2 bridgehead atoms. The first kappa shape index (κ1) is 11.5. The van der Waals surface area contributed by atoms with Gasteiger partial charge in [0.25, 0.3) is 0 Å². The van der Waals surface area contributed by atoms with Crippen LogP contribution in [0.15, 0.2) is 0 Å². The molecule has 0 spiro atoms. The molecular formula is C14H25N3. The first-order chi connectivity index (χ1) is 8.25. The monoisotopic (exact) mass is 235 g/mol. The molecule has 17 heavy (non-hydrogen) atoms. The summed E-state index contributed by atoms with van der Waals surface area (Å²) in [5.41, 5.74) is 0. The van der Waals surface area contributed by atoms with Gasteiger partial charge >= 0.3 is 0 Å². The standard InChI is InChI=1S/C14H25N3/c1-16-11-5-4-6-12(16)10-13(9-11)17-8-3-2-7-14(17)15/h11-13,15H,2-10H2,1H3. The number of nitrogens with zero attached hydrogens (tertiary/aromatic N) is 2. The molecule has 96 valence electrons. The molecule has 0 aromatic heterocycles. The molecule has 0 aromatic carbocycles. The van der Waals surface area contributed by atoms with Crippen LogP contribution in [0, 0.1) is 5.41 Å². The second-order valence-corrected chi connectivity index (χ2v) is 6.13.